The summed E-state index contributed by atoms with van der Waals surface area (Å²) in [6.07, 6.45) is 0. The molecule has 1 saturated heterocycles. The van der Waals surface area contributed by atoms with Crippen molar-refractivity contribution in [1.82, 2.24) is 21.2 Å². The van der Waals surface area contributed by atoms with Gasteiger partial charge in [0.15, 0.2) is 5.13 Å². The number of carbonyl (C=O) groups excluding carboxylic acids is 1. The van der Waals surface area contributed by atoms with Crippen molar-refractivity contribution in [2.75, 3.05) is 37.4 Å². The Morgan fingerprint density at radius 3 is 2.70 bits per heavy atom. The van der Waals surface area contributed by atoms with Crippen LogP contribution in [0, 0.1) is 5.92 Å². The van der Waals surface area contributed by atoms with Gasteiger partial charge in [0.25, 0.3) is 0 Å². The van der Waals surface area contributed by atoms with Gasteiger partial charge >= 0.3 is 6.03 Å². The van der Waals surface area contributed by atoms with E-state index in [1.165, 1.54) is 11.3 Å². The van der Waals surface area contributed by atoms with E-state index in [0.717, 1.165) is 46.6 Å². The summed E-state index contributed by atoms with van der Waals surface area (Å²) in [5.74, 6) is 1.21. The molecule has 4 rings (SSSR count). The lowest BCUT2D eigenvalue weighted by Gasteiger charge is -2.11. The second-order valence-corrected chi connectivity index (χ2v) is 7.79. The zero-order valence-electron chi connectivity index (χ0n) is 16.6. The Hall–Kier alpha value is -3.14. The first-order valence-corrected chi connectivity index (χ1v) is 10.6. The molecule has 0 aliphatic carbocycles. The third-order valence-electron chi connectivity index (χ3n) is 4.72. The molecule has 1 aromatic heterocycles. The van der Waals surface area contributed by atoms with Gasteiger partial charge in [0.2, 0.25) is 0 Å². The Morgan fingerprint density at radius 1 is 1.17 bits per heavy atom. The van der Waals surface area contributed by atoms with E-state index in [-0.39, 0.29) is 6.03 Å². The molecule has 30 heavy (non-hydrogen) atoms. The third-order valence-corrected chi connectivity index (χ3v) is 5.48. The number of benzene rings is 2. The number of rotatable bonds is 7. The van der Waals surface area contributed by atoms with Crippen molar-refractivity contribution in [3.63, 3.8) is 0 Å². The van der Waals surface area contributed by atoms with Gasteiger partial charge < -0.3 is 20.7 Å². The minimum atomic E-state index is -0.203. The van der Waals surface area contributed by atoms with Gasteiger partial charge in [-0.05, 0) is 36.4 Å². The summed E-state index contributed by atoms with van der Waals surface area (Å²) >= 11 is 1.53. The van der Waals surface area contributed by atoms with Gasteiger partial charge in [0, 0.05) is 47.9 Å². The van der Waals surface area contributed by atoms with E-state index in [2.05, 4.69) is 31.8 Å². The average Bonchev–Trinajstić information content (AvgIpc) is 3.46. The number of methoxy groups -OCH3 is 1. The van der Waals surface area contributed by atoms with Crippen molar-refractivity contribution >= 4 is 33.9 Å². The van der Waals surface area contributed by atoms with Crippen LogP contribution in [-0.2, 0) is 0 Å². The predicted octanol–water partition coefficient (Wildman–Crippen LogP) is 3.41. The first kappa shape index (κ1) is 20.1. The molecule has 0 spiro atoms. The van der Waals surface area contributed by atoms with Crippen molar-refractivity contribution < 1.29 is 9.53 Å². The first-order valence-electron chi connectivity index (χ1n) is 9.67. The number of hydrogen-bond acceptors (Lipinski definition) is 7. The maximum atomic E-state index is 12.0. The number of thiazole rings is 1. The highest BCUT2D eigenvalue weighted by molar-refractivity contribution is 7.14. The molecular formula is C21H24N6O2S. The summed E-state index contributed by atoms with van der Waals surface area (Å²) in [5, 5.41) is 11.8. The second kappa shape index (κ2) is 9.57. The molecule has 0 radical (unpaired) electrons. The van der Waals surface area contributed by atoms with Gasteiger partial charge in [-0.15, -0.1) is 11.3 Å². The molecule has 1 fully saturated rings. The lowest BCUT2D eigenvalue weighted by molar-refractivity contribution is 0.250. The summed E-state index contributed by atoms with van der Waals surface area (Å²) < 4.78 is 5.28. The second-order valence-electron chi connectivity index (χ2n) is 6.94. The van der Waals surface area contributed by atoms with E-state index >= 15 is 0 Å². The van der Waals surface area contributed by atoms with Gasteiger partial charge in [-0.25, -0.2) is 9.78 Å². The fourth-order valence-corrected chi connectivity index (χ4v) is 3.81. The third kappa shape index (κ3) is 5.26. The fourth-order valence-electron chi connectivity index (χ4n) is 3.07. The van der Waals surface area contributed by atoms with Crippen LogP contribution >= 0.6 is 11.3 Å². The monoisotopic (exact) mass is 424 g/mol. The Morgan fingerprint density at radius 2 is 1.93 bits per heavy atom. The molecule has 0 unspecified atom stereocenters. The molecule has 2 aromatic carbocycles. The highest BCUT2D eigenvalue weighted by Gasteiger charge is 2.14. The van der Waals surface area contributed by atoms with Gasteiger partial charge in [-0.1, -0.05) is 12.1 Å². The van der Waals surface area contributed by atoms with Crippen LogP contribution in [0.5, 0.6) is 5.75 Å². The average molecular weight is 425 g/mol. The largest absolute Gasteiger partial charge is 0.497 e. The molecule has 1 aliphatic rings. The number of amides is 2. The van der Waals surface area contributed by atoms with Crippen molar-refractivity contribution in [1.29, 1.82) is 0 Å². The van der Waals surface area contributed by atoms with Gasteiger partial charge in [-0.2, -0.15) is 0 Å². The Kier molecular flexibility index (Phi) is 6.43. The number of anilines is 3. The SMILES string of the molecule is COc1cccc(-c2csc(Nc3ccc(NC(=O)NCC4CNNC4)cc3)n2)c1. The standard InChI is InChI=1S/C21H24N6O2S/c1-29-18-4-2-3-15(9-18)19-13-30-21(27-19)26-17-7-5-16(6-8-17)25-20(28)22-10-14-11-23-24-12-14/h2-9,13-14,23-24H,10-12H2,1H3,(H,26,27)(H2,22,25,28). The molecule has 2 heterocycles. The minimum Gasteiger partial charge on any atom is -0.497 e. The number of aromatic nitrogens is 1. The number of nitrogens with zero attached hydrogens (tertiary/aromatic N) is 1. The molecule has 1 aliphatic heterocycles. The minimum absolute atomic E-state index is 0.203. The number of urea groups is 1. The molecule has 9 heteroatoms. The van der Waals surface area contributed by atoms with Crippen molar-refractivity contribution in [3.8, 4) is 17.0 Å². The highest BCUT2D eigenvalue weighted by Crippen LogP contribution is 2.29. The normalized spacial score (nSPS) is 13.8. The van der Waals surface area contributed by atoms with Gasteiger partial charge in [0.05, 0.1) is 12.8 Å². The molecule has 3 aromatic rings. The van der Waals surface area contributed by atoms with Gasteiger partial charge in [-0.3, -0.25) is 10.9 Å². The Balaban J connectivity index is 1.31. The topological polar surface area (TPSA) is 99.3 Å². The Labute approximate surface area is 179 Å². The fraction of sp³-hybridized carbons (Fsp3) is 0.238. The molecule has 2 amide bonds. The molecule has 0 atom stereocenters. The zero-order chi connectivity index (χ0) is 20.8. The van der Waals surface area contributed by atoms with Crippen LogP contribution in [0.3, 0.4) is 0 Å². The number of carbonyl (C=O) groups is 1. The van der Waals surface area contributed by atoms with Crippen molar-refractivity contribution in [2.24, 2.45) is 5.92 Å². The van der Waals surface area contributed by atoms with E-state index < -0.39 is 0 Å². The molecule has 0 bridgehead atoms. The number of nitrogens with one attached hydrogen (secondary N) is 5. The van der Waals surface area contributed by atoms with Crippen LogP contribution in [0.2, 0.25) is 0 Å². The van der Waals surface area contributed by atoms with Crippen molar-refractivity contribution in [3.05, 3.63) is 53.9 Å². The van der Waals surface area contributed by atoms with E-state index in [0.29, 0.717) is 12.5 Å². The first-order chi connectivity index (χ1) is 14.7. The number of hydrogen-bond donors (Lipinski definition) is 5. The molecule has 0 saturated carbocycles. The lowest BCUT2D eigenvalue weighted by Crippen LogP contribution is -2.34. The summed E-state index contributed by atoms with van der Waals surface area (Å²) in [4.78, 5) is 16.7. The van der Waals surface area contributed by atoms with E-state index in [1.807, 2.05) is 53.9 Å². The van der Waals surface area contributed by atoms with Crippen molar-refractivity contribution in [2.45, 2.75) is 0 Å². The summed E-state index contributed by atoms with van der Waals surface area (Å²) in [6, 6.07) is 15.2. The van der Waals surface area contributed by atoms with Gasteiger partial charge in [0.1, 0.15) is 5.75 Å². The lowest BCUT2D eigenvalue weighted by atomic mass is 10.2. The van der Waals surface area contributed by atoms with E-state index in [9.17, 15) is 4.79 Å². The van der Waals surface area contributed by atoms with Crippen LogP contribution in [-0.4, -0.2) is 37.8 Å². The molecule has 5 N–H and O–H groups in total. The maximum Gasteiger partial charge on any atom is 0.319 e. The summed E-state index contributed by atoms with van der Waals surface area (Å²) in [5.41, 5.74) is 9.63. The summed E-state index contributed by atoms with van der Waals surface area (Å²) in [6.45, 7) is 2.35. The van der Waals surface area contributed by atoms with Crippen LogP contribution in [0.4, 0.5) is 21.3 Å². The molecule has 8 nitrogen and oxygen atoms in total. The van der Waals surface area contributed by atoms with E-state index in [4.69, 9.17) is 4.74 Å². The Bertz CT molecular complexity index is 985. The highest BCUT2D eigenvalue weighted by atomic mass is 32.1. The molecular weight excluding hydrogens is 400 g/mol. The maximum absolute atomic E-state index is 12.0. The number of ether oxygens (including phenoxy) is 1. The zero-order valence-corrected chi connectivity index (χ0v) is 17.4. The van der Waals surface area contributed by atoms with Crippen LogP contribution < -0.4 is 31.5 Å². The van der Waals surface area contributed by atoms with Crippen LogP contribution in [0.15, 0.2) is 53.9 Å². The van der Waals surface area contributed by atoms with Crippen LogP contribution in [0.25, 0.3) is 11.3 Å². The predicted molar refractivity (Wildman–Crippen MR) is 120 cm³/mol. The summed E-state index contributed by atoms with van der Waals surface area (Å²) in [7, 11) is 1.65. The smallest absolute Gasteiger partial charge is 0.319 e. The van der Waals surface area contributed by atoms with E-state index in [1.54, 1.807) is 7.11 Å². The van der Waals surface area contributed by atoms with Crippen LogP contribution in [0.1, 0.15) is 0 Å². The number of hydrazine groups is 1. The molecule has 156 valence electrons. The quantitative estimate of drug-likeness (QED) is 0.399.